The summed E-state index contributed by atoms with van der Waals surface area (Å²) >= 11 is 1.67. The van der Waals surface area contributed by atoms with Gasteiger partial charge in [-0.3, -0.25) is 4.98 Å². The molecule has 2 N–H and O–H groups in total. The lowest BCUT2D eigenvalue weighted by Gasteiger charge is -2.12. The molecule has 0 saturated carbocycles. The van der Waals surface area contributed by atoms with Crippen LogP contribution in [0.1, 0.15) is 22.9 Å². The highest BCUT2D eigenvalue weighted by Crippen LogP contribution is 2.32. The van der Waals surface area contributed by atoms with E-state index in [1.54, 1.807) is 11.3 Å². The molecule has 0 aliphatic heterocycles. The molecule has 0 spiro atoms. The van der Waals surface area contributed by atoms with Crippen molar-refractivity contribution in [3.8, 4) is 10.6 Å². The summed E-state index contributed by atoms with van der Waals surface area (Å²) in [5, 5.41) is 13.2. The maximum absolute atomic E-state index is 5.85. The van der Waals surface area contributed by atoms with Gasteiger partial charge in [0, 0.05) is 29.3 Å². The highest BCUT2D eigenvalue weighted by Gasteiger charge is 2.18. The van der Waals surface area contributed by atoms with Gasteiger partial charge >= 0.3 is 0 Å². The maximum Gasteiger partial charge on any atom is 0.147 e. The first-order valence-electron chi connectivity index (χ1n) is 8.75. The van der Waals surface area contributed by atoms with Gasteiger partial charge in [-0.2, -0.15) is 0 Å². The standard InChI is InChI=1S/C21H20N4S.ClH/c22-10-8-18(12-15-4-2-1-3-5-15)21-25-24-20(26-21)17-6-7-19-14-23-11-9-16(19)13-17;/h1-7,9,11,13-14,18H,8,10,12,22H2;1H. The minimum atomic E-state index is 0. The number of rotatable bonds is 6. The lowest BCUT2D eigenvalue weighted by molar-refractivity contribution is 0.620. The first-order chi connectivity index (χ1) is 12.8. The van der Waals surface area contributed by atoms with Gasteiger partial charge < -0.3 is 5.73 Å². The van der Waals surface area contributed by atoms with Gasteiger partial charge in [0.1, 0.15) is 10.0 Å². The zero-order chi connectivity index (χ0) is 17.8. The second-order valence-corrected chi connectivity index (χ2v) is 7.36. The smallest absolute Gasteiger partial charge is 0.147 e. The summed E-state index contributed by atoms with van der Waals surface area (Å²) in [5.74, 6) is 0.304. The lowest BCUT2D eigenvalue weighted by Crippen LogP contribution is -2.10. The maximum atomic E-state index is 5.85. The Hall–Kier alpha value is -2.34. The first kappa shape index (κ1) is 19.4. The largest absolute Gasteiger partial charge is 0.330 e. The Morgan fingerprint density at radius 1 is 0.963 bits per heavy atom. The number of hydrogen-bond donors (Lipinski definition) is 1. The van der Waals surface area contributed by atoms with Gasteiger partial charge in [-0.05, 0) is 42.5 Å². The van der Waals surface area contributed by atoms with E-state index in [1.807, 2.05) is 24.5 Å². The second-order valence-electron chi connectivity index (χ2n) is 6.35. The molecule has 0 fully saturated rings. The average molecular weight is 397 g/mol. The molecule has 4 nitrogen and oxygen atoms in total. The van der Waals surface area contributed by atoms with Crippen LogP contribution in [0.4, 0.5) is 0 Å². The van der Waals surface area contributed by atoms with E-state index in [0.29, 0.717) is 12.5 Å². The van der Waals surface area contributed by atoms with E-state index in [1.165, 1.54) is 5.56 Å². The van der Waals surface area contributed by atoms with E-state index in [9.17, 15) is 0 Å². The van der Waals surface area contributed by atoms with Crippen LogP contribution < -0.4 is 5.73 Å². The van der Waals surface area contributed by atoms with Crippen LogP contribution >= 0.6 is 23.7 Å². The Morgan fingerprint density at radius 2 is 1.81 bits per heavy atom. The predicted octanol–water partition coefficient (Wildman–Crippen LogP) is 4.85. The fourth-order valence-corrected chi connectivity index (χ4v) is 4.12. The summed E-state index contributed by atoms with van der Waals surface area (Å²) in [6, 6.07) is 18.8. The number of pyridine rings is 1. The van der Waals surface area contributed by atoms with Gasteiger partial charge in [-0.15, -0.1) is 22.6 Å². The highest BCUT2D eigenvalue weighted by molar-refractivity contribution is 7.14. The van der Waals surface area contributed by atoms with E-state index in [2.05, 4.69) is 57.6 Å². The van der Waals surface area contributed by atoms with Crippen LogP contribution in [0.5, 0.6) is 0 Å². The quantitative estimate of drug-likeness (QED) is 0.506. The summed E-state index contributed by atoms with van der Waals surface area (Å²) in [4.78, 5) is 4.17. The van der Waals surface area contributed by atoms with Crippen molar-refractivity contribution >= 4 is 34.5 Å². The molecule has 0 radical (unpaired) electrons. The van der Waals surface area contributed by atoms with Crippen LogP contribution in [0.25, 0.3) is 21.3 Å². The number of aromatic nitrogens is 3. The molecule has 0 amide bonds. The molecular formula is C21H21ClN4S. The fraction of sp³-hybridized carbons (Fsp3) is 0.190. The normalized spacial score (nSPS) is 11.9. The van der Waals surface area contributed by atoms with Crippen LogP contribution in [-0.2, 0) is 6.42 Å². The van der Waals surface area contributed by atoms with Crippen molar-refractivity contribution in [2.24, 2.45) is 5.73 Å². The van der Waals surface area contributed by atoms with Gasteiger partial charge in [-0.25, -0.2) is 0 Å². The van der Waals surface area contributed by atoms with Crippen molar-refractivity contribution in [1.82, 2.24) is 15.2 Å². The summed E-state index contributed by atoms with van der Waals surface area (Å²) in [6.45, 7) is 0.648. The minimum Gasteiger partial charge on any atom is -0.330 e. The Kier molecular flexibility index (Phi) is 6.50. The molecule has 0 aliphatic carbocycles. The van der Waals surface area contributed by atoms with E-state index in [-0.39, 0.29) is 12.4 Å². The molecule has 4 rings (SSSR count). The number of fused-ring (bicyclic) bond motifs is 1. The van der Waals surface area contributed by atoms with Gasteiger partial charge in [-0.1, -0.05) is 53.8 Å². The molecule has 0 aliphatic rings. The van der Waals surface area contributed by atoms with E-state index in [4.69, 9.17) is 5.73 Å². The fourth-order valence-electron chi connectivity index (χ4n) is 3.15. The summed E-state index contributed by atoms with van der Waals surface area (Å²) < 4.78 is 0. The van der Waals surface area contributed by atoms with E-state index >= 15 is 0 Å². The number of hydrogen-bond acceptors (Lipinski definition) is 5. The Bertz CT molecular complexity index is 1000. The first-order valence-corrected chi connectivity index (χ1v) is 9.56. The van der Waals surface area contributed by atoms with Crippen molar-refractivity contribution < 1.29 is 0 Å². The van der Waals surface area contributed by atoms with Crippen molar-refractivity contribution in [2.45, 2.75) is 18.8 Å². The molecule has 2 aromatic carbocycles. The number of halogens is 1. The van der Waals surface area contributed by atoms with Crippen LogP contribution in [0.2, 0.25) is 0 Å². The molecule has 0 bridgehead atoms. The van der Waals surface area contributed by atoms with Gasteiger partial charge in [0.25, 0.3) is 0 Å². The number of benzene rings is 2. The van der Waals surface area contributed by atoms with Crippen molar-refractivity contribution in [3.63, 3.8) is 0 Å². The Morgan fingerprint density at radius 3 is 2.63 bits per heavy atom. The molecule has 4 aromatic rings. The molecular weight excluding hydrogens is 376 g/mol. The van der Waals surface area contributed by atoms with Gasteiger partial charge in [0.2, 0.25) is 0 Å². The van der Waals surface area contributed by atoms with E-state index in [0.717, 1.165) is 39.2 Å². The molecule has 138 valence electrons. The monoisotopic (exact) mass is 396 g/mol. The van der Waals surface area contributed by atoms with Gasteiger partial charge in [0.05, 0.1) is 0 Å². The SMILES string of the molecule is Cl.NCCC(Cc1ccccc1)c1nnc(-c2ccc3cnccc3c2)s1. The molecule has 2 aromatic heterocycles. The minimum absolute atomic E-state index is 0. The van der Waals surface area contributed by atoms with Crippen LogP contribution in [0, 0.1) is 0 Å². The van der Waals surface area contributed by atoms with Gasteiger partial charge in [0.15, 0.2) is 0 Å². The molecule has 6 heteroatoms. The summed E-state index contributed by atoms with van der Waals surface area (Å²) in [7, 11) is 0. The third-order valence-corrected chi connectivity index (χ3v) is 5.65. The van der Waals surface area contributed by atoms with Crippen molar-refractivity contribution in [1.29, 1.82) is 0 Å². The third-order valence-electron chi connectivity index (χ3n) is 4.52. The topological polar surface area (TPSA) is 64.7 Å². The number of nitrogens with zero attached hydrogens (tertiary/aromatic N) is 3. The van der Waals surface area contributed by atoms with Crippen molar-refractivity contribution in [3.05, 3.63) is 77.6 Å². The highest BCUT2D eigenvalue weighted by atomic mass is 35.5. The van der Waals surface area contributed by atoms with Crippen LogP contribution in [0.3, 0.4) is 0 Å². The molecule has 0 saturated heterocycles. The van der Waals surface area contributed by atoms with Crippen molar-refractivity contribution in [2.75, 3.05) is 6.54 Å². The van der Waals surface area contributed by atoms with Crippen LogP contribution in [0.15, 0.2) is 67.0 Å². The zero-order valence-electron chi connectivity index (χ0n) is 14.8. The lowest BCUT2D eigenvalue weighted by atomic mass is 9.97. The molecule has 1 atom stereocenters. The predicted molar refractivity (Wildman–Crippen MR) is 114 cm³/mol. The second kappa shape index (κ2) is 9.04. The average Bonchev–Trinajstić information content (AvgIpc) is 3.18. The van der Waals surface area contributed by atoms with E-state index < -0.39 is 0 Å². The molecule has 27 heavy (non-hydrogen) atoms. The molecule has 2 heterocycles. The Labute approximate surface area is 168 Å². The Balaban J connectivity index is 0.00000210. The summed E-state index contributed by atoms with van der Waals surface area (Å²) in [5.41, 5.74) is 8.25. The zero-order valence-corrected chi connectivity index (χ0v) is 16.4. The number of nitrogens with two attached hydrogens (primary N) is 1. The summed E-state index contributed by atoms with van der Waals surface area (Å²) in [6.07, 6.45) is 5.54. The third kappa shape index (κ3) is 4.50. The molecule has 1 unspecified atom stereocenters. The van der Waals surface area contributed by atoms with Crippen LogP contribution in [-0.4, -0.2) is 21.7 Å².